The van der Waals surface area contributed by atoms with E-state index in [9.17, 15) is 4.79 Å². The van der Waals surface area contributed by atoms with Crippen LogP contribution in [-0.4, -0.2) is 32.9 Å². The maximum absolute atomic E-state index is 12.7. The Balaban J connectivity index is 1.85. The Morgan fingerprint density at radius 2 is 1.89 bits per heavy atom. The summed E-state index contributed by atoms with van der Waals surface area (Å²) in [6, 6.07) is 15.0. The van der Waals surface area contributed by atoms with Gasteiger partial charge in [-0.25, -0.2) is 0 Å². The van der Waals surface area contributed by atoms with Crippen LogP contribution in [0.5, 0.6) is 5.75 Å². The molecular formula is C21H20BrN3O2S. The zero-order chi connectivity index (χ0) is 20.1. The number of nitrogens with zero attached hydrogens (tertiary/aromatic N) is 3. The quantitative estimate of drug-likeness (QED) is 0.262. The minimum Gasteiger partial charge on any atom is -0.497 e. The number of hydrogen-bond donors (Lipinski definition) is 0. The van der Waals surface area contributed by atoms with Gasteiger partial charge in [-0.3, -0.25) is 9.36 Å². The van der Waals surface area contributed by atoms with Gasteiger partial charge in [-0.15, -0.1) is 16.8 Å². The molecule has 28 heavy (non-hydrogen) atoms. The summed E-state index contributed by atoms with van der Waals surface area (Å²) in [4.78, 5) is 12.7. The van der Waals surface area contributed by atoms with Gasteiger partial charge in [0.2, 0.25) is 0 Å². The van der Waals surface area contributed by atoms with E-state index in [1.54, 1.807) is 13.2 Å². The van der Waals surface area contributed by atoms with E-state index < -0.39 is 0 Å². The Hall–Kier alpha value is -2.38. The van der Waals surface area contributed by atoms with Crippen LogP contribution in [0.4, 0.5) is 0 Å². The molecule has 3 rings (SSSR count). The molecule has 0 radical (unpaired) electrons. The van der Waals surface area contributed by atoms with Crippen LogP contribution in [0, 0.1) is 0 Å². The average molecular weight is 458 g/mol. The van der Waals surface area contributed by atoms with Crippen LogP contribution in [0.15, 0.2) is 70.8 Å². The Labute approximate surface area is 177 Å². The topological polar surface area (TPSA) is 57.0 Å². The number of thioether (sulfide) groups is 1. The molecule has 0 fully saturated rings. The van der Waals surface area contributed by atoms with Crippen molar-refractivity contribution >= 4 is 33.5 Å². The number of aromatic nitrogens is 3. The predicted molar refractivity (Wildman–Crippen MR) is 116 cm³/mol. The van der Waals surface area contributed by atoms with Crippen molar-refractivity contribution in [3.8, 4) is 17.1 Å². The summed E-state index contributed by atoms with van der Waals surface area (Å²) in [5.41, 5.74) is 1.60. The molecule has 2 aromatic carbocycles. The fourth-order valence-corrected chi connectivity index (χ4v) is 3.88. The monoisotopic (exact) mass is 457 g/mol. The van der Waals surface area contributed by atoms with Crippen molar-refractivity contribution in [3.63, 3.8) is 0 Å². The fourth-order valence-electron chi connectivity index (χ4n) is 2.68. The van der Waals surface area contributed by atoms with E-state index in [4.69, 9.17) is 4.74 Å². The highest BCUT2D eigenvalue weighted by Crippen LogP contribution is 2.29. The second-order valence-electron chi connectivity index (χ2n) is 6.07. The van der Waals surface area contributed by atoms with E-state index in [2.05, 4.69) is 32.7 Å². The lowest BCUT2D eigenvalue weighted by molar-refractivity contribution is 0.0994. The highest BCUT2D eigenvalue weighted by atomic mass is 79.9. The van der Waals surface area contributed by atoms with Crippen LogP contribution in [-0.2, 0) is 6.54 Å². The van der Waals surface area contributed by atoms with Gasteiger partial charge in [0, 0.05) is 22.1 Å². The third-order valence-corrected chi connectivity index (χ3v) is 5.77. The number of benzene rings is 2. The van der Waals surface area contributed by atoms with E-state index in [1.807, 2.05) is 60.0 Å². The third kappa shape index (κ3) is 4.54. The van der Waals surface area contributed by atoms with E-state index in [0.717, 1.165) is 21.6 Å². The van der Waals surface area contributed by atoms with Crippen LogP contribution < -0.4 is 4.74 Å². The van der Waals surface area contributed by atoms with E-state index in [-0.39, 0.29) is 11.0 Å². The van der Waals surface area contributed by atoms with Crippen molar-refractivity contribution in [2.45, 2.75) is 23.9 Å². The van der Waals surface area contributed by atoms with Crippen LogP contribution in [0.1, 0.15) is 17.3 Å². The second-order valence-corrected chi connectivity index (χ2v) is 8.29. The van der Waals surface area contributed by atoms with Gasteiger partial charge in [0.25, 0.3) is 0 Å². The van der Waals surface area contributed by atoms with Gasteiger partial charge in [-0.05, 0) is 43.3 Å². The maximum atomic E-state index is 12.7. The minimum atomic E-state index is -0.294. The first-order chi connectivity index (χ1) is 13.5. The molecule has 0 N–H and O–H groups in total. The molecule has 0 spiro atoms. The summed E-state index contributed by atoms with van der Waals surface area (Å²) in [7, 11) is 1.63. The molecule has 1 heterocycles. The summed E-state index contributed by atoms with van der Waals surface area (Å²) in [5.74, 6) is 1.56. The lowest BCUT2D eigenvalue weighted by Crippen LogP contribution is -2.14. The Morgan fingerprint density at radius 1 is 1.21 bits per heavy atom. The number of ketones is 1. The molecule has 0 saturated carbocycles. The van der Waals surface area contributed by atoms with Gasteiger partial charge in [-0.1, -0.05) is 45.9 Å². The minimum absolute atomic E-state index is 0.0525. The van der Waals surface area contributed by atoms with Gasteiger partial charge in [-0.2, -0.15) is 0 Å². The normalized spacial score (nSPS) is 11.8. The molecule has 7 heteroatoms. The predicted octanol–water partition coefficient (Wildman–Crippen LogP) is 5.27. The number of halogens is 1. The lowest BCUT2D eigenvalue weighted by atomic mass is 10.1. The number of ether oxygens (including phenoxy) is 1. The number of carbonyl (C=O) groups is 1. The summed E-state index contributed by atoms with van der Waals surface area (Å²) >= 11 is 4.79. The molecule has 5 nitrogen and oxygen atoms in total. The number of Topliss-reactive ketones (excluding diaryl/α,β-unsaturated/α-hetero) is 1. The second kappa shape index (κ2) is 9.21. The molecule has 1 unspecified atom stereocenters. The molecule has 144 valence electrons. The molecule has 1 atom stereocenters. The van der Waals surface area contributed by atoms with E-state index in [0.29, 0.717) is 17.3 Å². The zero-order valence-electron chi connectivity index (χ0n) is 15.6. The lowest BCUT2D eigenvalue weighted by Gasteiger charge is -2.12. The zero-order valence-corrected chi connectivity index (χ0v) is 18.0. The molecule has 0 aliphatic rings. The van der Waals surface area contributed by atoms with E-state index in [1.165, 1.54) is 11.8 Å². The van der Waals surface area contributed by atoms with Crippen LogP contribution in [0.25, 0.3) is 11.4 Å². The van der Waals surface area contributed by atoms with Crippen LogP contribution >= 0.6 is 27.7 Å². The third-order valence-electron chi connectivity index (χ3n) is 4.16. The molecule has 0 aliphatic carbocycles. The van der Waals surface area contributed by atoms with Gasteiger partial charge in [0.1, 0.15) is 5.75 Å². The standard InChI is InChI=1S/C21H20BrN3O2S/c1-4-13-25-20(16-7-11-18(27-3)12-8-16)23-24-21(25)28-14(2)19(26)15-5-9-17(22)10-6-15/h4-12,14H,1,13H2,2-3H3. The van der Waals surface area contributed by atoms with Gasteiger partial charge in [0.15, 0.2) is 16.8 Å². The number of carbonyl (C=O) groups excluding carboxylic acids is 1. The van der Waals surface area contributed by atoms with Gasteiger partial charge < -0.3 is 4.74 Å². The molecule has 0 amide bonds. The molecule has 0 aliphatic heterocycles. The Kier molecular flexibility index (Phi) is 6.70. The van der Waals surface area contributed by atoms with Crippen LogP contribution in [0.3, 0.4) is 0 Å². The van der Waals surface area contributed by atoms with Gasteiger partial charge >= 0.3 is 0 Å². The highest BCUT2D eigenvalue weighted by Gasteiger charge is 2.21. The fraction of sp³-hybridized carbons (Fsp3) is 0.190. The summed E-state index contributed by atoms with van der Waals surface area (Å²) in [6.45, 7) is 6.27. The molecule has 0 saturated heterocycles. The molecule has 0 bridgehead atoms. The van der Waals surface area contributed by atoms with Crippen molar-refractivity contribution in [1.29, 1.82) is 0 Å². The largest absolute Gasteiger partial charge is 0.497 e. The van der Waals surface area contributed by atoms with Crippen molar-refractivity contribution in [1.82, 2.24) is 14.8 Å². The Bertz CT molecular complexity index is 968. The summed E-state index contributed by atoms with van der Waals surface area (Å²) in [5, 5.41) is 9.05. The van der Waals surface area contributed by atoms with Crippen LogP contribution in [0.2, 0.25) is 0 Å². The number of methoxy groups -OCH3 is 1. The van der Waals surface area contributed by atoms with Crippen molar-refractivity contribution in [2.75, 3.05) is 7.11 Å². The first-order valence-corrected chi connectivity index (χ1v) is 10.4. The SMILES string of the molecule is C=CCn1c(SC(C)C(=O)c2ccc(Br)cc2)nnc1-c1ccc(OC)cc1. The Morgan fingerprint density at radius 3 is 2.50 bits per heavy atom. The smallest absolute Gasteiger partial charge is 0.192 e. The van der Waals surface area contributed by atoms with Crippen molar-refractivity contribution in [3.05, 3.63) is 71.2 Å². The van der Waals surface area contributed by atoms with Crippen molar-refractivity contribution < 1.29 is 9.53 Å². The highest BCUT2D eigenvalue weighted by molar-refractivity contribution is 9.10. The maximum Gasteiger partial charge on any atom is 0.192 e. The summed E-state index contributed by atoms with van der Waals surface area (Å²) in [6.07, 6.45) is 1.79. The number of allylic oxidation sites excluding steroid dienone is 1. The first kappa shape index (κ1) is 20.4. The van der Waals surface area contributed by atoms with Crippen molar-refractivity contribution in [2.24, 2.45) is 0 Å². The van der Waals surface area contributed by atoms with E-state index >= 15 is 0 Å². The number of rotatable bonds is 8. The number of hydrogen-bond acceptors (Lipinski definition) is 5. The average Bonchev–Trinajstić information content (AvgIpc) is 3.10. The molecule has 1 aromatic heterocycles. The molecular weight excluding hydrogens is 438 g/mol. The summed E-state index contributed by atoms with van der Waals surface area (Å²) < 4.78 is 8.12. The van der Waals surface area contributed by atoms with Gasteiger partial charge in [0.05, 0.1) is 12.4 Å². The first-order valence-electron chi connectivity index (χ1n) is 8.68. The molecule has 3 aromatic rings.